The second-order valence-electron chi connectivity index (χ2n) is 11.3. The number of thiophene rings is 1. The van der Waals surface area contributed by atoms with Gasteiger partial charge in [-0.05, 0) is 48.6 Å². The summed E-state index contributed by atoms with van der Waals surface area (Å²) in [6.45, 7) is 8.53. The molecule has 200 valence electrons. The molecule has 3 aromatic rings. The third kappa shape index (κ3) is 4.92. The molecule has 2 N–H and O–H groups in total. The minimum Gasteiger partial charge on any atom is -0.363 e. The summed E-state index contributed by atoms with van der Waals surface area (Å²) in [7, 11) is 0. The van der Waals surface area contributed by atoms with Crippen LogP contribution in [0.1, 0.15) is 83.3 Å². The maximum atomic E-state index is 14.1. The number of benzene rings is 1. The maximum absolute atomic E-state index is 14.1. The number of hydrogen-bond acceptors (Lipinski definition) is 5. The molecule has 10 heteroatoms. The highest BCUT2D eigenvalue weighted by molar-refractivity contribution is 7.16. The van der Waals surface area contributed by atoms with Crippen molar-refractivity contribution in [1.82, 2.24) is 9.78 Å². The fourth-order valence-corrected chi connectivity index (χ4v) is 6.67. The number of aromatic nitrogens is 2. The number of carbonyl (C=O) groups is 1. The van der Waals surface area contributed by atoms with Crippen molar-refractivity contribution in [2.24, 2.45) is 11.3 Å². The number of nitrogens with zero attached hydrogens (tertiary/aromatic N) is 3. The third-order valence-electron chi connectivity index (χ3n) is 7.73. The number of anilines is 2. The van der Waals surface area contributed by atoms with Gasteiger partial charge in [0.15, 0.2) is 11.7 Å². The minimum atomic E-state index is -4.54. The van der Waals surface area contributed by atoms with Crippen LogP contribution in [0.25, 0.3) is 0 Å². The van der Waals surface area contributed by atoms with Gasteiger partial charge in [0.25, 0.3) is 5.91 Å². The molecule has 0 radical (unpaired) electrons. The van der Waals surface area contributed by atoms with Crippen molar-refractivity contribution in [2.75, 3.05) is 10.6 Å². The lowest BCUT2D eigenvalue weighted by Crippen LogP contribution is -2.35. The molecule has 6 nitrogen and oxygen atoms in total. The number of nitrogens with one attached hydrogen (secondary N) is 2. The smallest absolute Gasteiger partial charge is 0.363 e. The van der Waals surface area contributed by atoms with Gasteiger partial charge >= 0.3 is 6.18 Å². The summed E-state index contributed by atoms with van der Waals surface area (Å²) >= 11 is 1.38. The van der Waals surface area contributed by atoms with Gasteiger partial charge in [-0.15, -0.1) is 11.3 Å². The zero-order chi connectivity index (χ0) is 27.4. The van der Waals surface area contributed by atoms with Crippen molar-refractivity contribution in [1.29, 1.82) is 5.26 Å². The Hall–Kier alpha value is -3.32. The van der Waals surface area contributed by atoms with E-state index in [1.807, 2.05) is 31.2 Å². The first kappa shape index (κ1) is 26.3. The number of aryl methyl sites for hydroxylation is 1. The van der Waals surface area contributed by atoms with Crippen LogP contribution in [0, 0.1) is 29.6 Å². The topological polar surface area (TPSA) is 82.7 Å². The van der Waals surface area contributed by atoms with E-state index in [9.17, 15) is 23.2 Å². The maximum Gasteiger partial charge on any atom is 0.410 e. The normalized spacial score (nSPS) is 21.2. The van der Waals surface area contributed by atoms with Crippen LogP contribution in [0.4, 0.5) is 24.0 Å². The summed E-state index contributed by atoms with van der Waals surface area (Å²) in [5, 5.41) is 20.2. The highest BCUT2D eigenvalue weighted by Crippen LogP contribution is 2.45. The molecule has 0 saturated carbocycles. The first-order chi connectivity index (χ1) is 17.8. The Labute approximate surface area is 223 Å². The number of halogens is 3. The number of carbonyl (C=O) groups excluding carboxylic acids is 1. The quantitative estimate of drug-likeness (QED) is 0.368. The molecular weight excluding hydrogens is 511 g/mol. The van der Waals surface area contributed by atoms with Crippen LogP contribution >= 0.6 is 11.3 Å². The van der Waals surface area contributed by atoms with Crippen LogP contribution in [0.3, 0.4) is 0 Å². The van der Waals surface area contributed by atoms with Crippen LogP contribution in [0.5, 0.6) is 0 Å². The van der Waals surface area contributed by atoms with Gasteiger partial charge < -0.3 is 10.6 Å². The van der Waals surface area contributed by atoms with Gasteiger partial charge in [-0.3, -0.25) is 4.79 Å². The average molecular weight is 542 g/mol. The van der Waals surface area contributed by atoms with E-state index in [4.69, 9.17) is 0 Å². The van der Waals surface area contributed by atoms with Gasteiger partial charge in [0, 0.05) is 17.4 Å². The zero-order valence-electron chi connectivity index (χ0n) is 21.7. The van der Waals surface area contributed by atoms with E-state index in [1.165, 1.54) is 17.4 Å². The Kier molecular flexibility index (Phi) is 6.54. The minimum absolute atomic E-state index is 0.130. The van der Waals surface area contributed by atoms with E-state index in [0.717, 1.165) is 45.5 Å². The third-order valence-corrected chi connectivity index (χ3v) is 8.90. The first-order valence-corrected chi connectivity index (χ1v) is 13.5. The van der Waals surface area contributed by atoms with E-state index in [1.54, 1.807) is 0 Å². The zero-order valence-corrected chi connectivity index (χ0v) is 22.6. The van der Waals surface area contributed by atoms with Crippen LogP contribution in [0.15, 0.2) is 30.3 Å². The van der Waals surface area contributed by atoms with Crippen LogP contribution < -0.4 is 10.6 Å². The van der Waals surface area contributed by atoms with Crippen LogP contribution in [-0.4, -0.2) is 21.9 Å². The fraction of sp³-hybridized carbons (Fsp3) is 0.464. The SMILES string of the molecule is Cc1ccc([C@@H]2C[C@H](C(F)(F)F)n3nc(C(=O)Nc4sc5c(c4C#N)CC[C@@H](C(C)(C)C)C5)cc3N2)cc1. The highest BCUT2D eigenvalue weighted by Gasteiger charge is 2.47. The second-order valence-corrected chi connectivity index (χ2v) is 12.4. The molecule has 0 saturated heterocycles. The molecule has 3 atom stereocenters. The molecule has 1 amide bonds. The molecule has 0 spiro atoms. The number of nitriles is 1. The highest BCUT2D eigenvalue weighted by atomic mass is 32.1. The summed E-state index contributed by atoms with van der Waals surface area (Å²) < 4.78 is 43.0. The van der Waals surface area contributed by atoms with Gasteiger partial charge in [0.1, 0.15) is 16.9 Å². The van der Waals surface area contributed by atoms with Gasteiger partial charge in [-0.2, -0.15) is 23.5 Å². The molecule has 0 bridgehead atoms. The Morgan fingerprint density at radius 1 is 1.24 bits per heavy atom. The average Bonchev–Trinajstić information content (AvgIpc) is 3.43. The molecule has 1 aliphatic carbocycles. The van der Waals surface area contributed by atoms with Crippen molar-refractivity contribution in [2.45, 2.75) is 71.6 Å². The van der Waals surface area contributed by atoms with E-state index < -0.39 is 24.2 Å². The molecule has 2 aliphatic rings. The van der Waals surface area contributed by atoms with E-state index in [-0.39, 0.29) is 23.3 Å². The predicted molar refractivity (Wildman–Crippen MR) is 141 cm³/mol. The van der Waals surface area contributed by atoms with Gasteiger partial charge in [0.2, 0.25) is 0 Å². The van der Waals surface area contributed by atoms with E-state index >= 15 is 0 Å². The second kappa shape index (κ2) is 9.45. The number of rotatable bonds is 3. The van der Waals surface area contributed by atoms with Crippen molar-refractivity contribution in [3.63, 3.8) is 0 Å². The van der Waals surface area contributed by atoms with Gasteiger partial charge in [-0.25, -0.2) is 4.68 Å². The number of fused-ring (bicyclic) bond motifs is 2. The molecule has 38 heavy (non-hydrogen) atoms. The summed E-state index contributed by atoms with van der Waals surface area (Å²) in [6.07, 6.45) is -2.21. The lowest BCUT2D eigenvalue weighted by molar-refractivity contribution is -0.173. The predicted octanol–water partition coefficient (Wildman–Crippen LogP) is 7.19. The Morgan fingerprint density at radius 2 is 1.95 bits per heavy atom. The lowest BCUT2D eigenvalue weighted by atomic mass is 9.72. The van der Waals surface area contributed by atoms with E-state index in [0.29, 0.717) is 16.5 Å². The first-order valence-electron chi connectivity index (χ1n) is 12.7. The Morgan fingerprint density at radius 3 is 2.58 bits per heavy atom. The number of alkyl halides is 3. The molecule has 0 fully saturated rings. The summed E-state index contributed by atoms with van der Waals surface area (Å²) in [4.78, 5) is 14.3. The van der Waals surface area contributed by atoms with Crippen LogP contribution in [0.2, 0.25) is 0 Å². The monoisotopic (exact) mass is 541 g/mol. The van der Waals surface area contributed by atoms with Crippen molar-refractivity contribution in [3.05, 3.63) is 63.2 Å². The fourth-order valence-electron chi connectivity index (χ4n) is 5.40. The van der Waals surface area contributed by atoms with Crippen molar-refractivity contribution < 1.29 is 18.0 Å². The molecule has 1 aliphatic heterocycles. The van der Waals surface area contributed by atoms with Crippen molar-refractivity contribution >= 4 is 28.1 Å². The summed E-state index contributed by atoms with van der Waals surface area (Å²) in [5.74, 6) is -0.0345. The Balaban J connectivity index is 1.42. The number of hydrogen-bond donors (Lipinski definition) is 2. The summed E-state index contributed by atoms with van der Waals surface area (Å²) in [5.41, 5.74) is 3.17. The van der Waals surface area contributed by atoms with Gasteiger partial charge in [-0.1, -0.05) is 50.6 Å². The standard InChI is InChI=1S/C28H30F3N5OS/c1-15-5-7-16(8-6-15)20-12-23(28(29,30)31)36-24(33-20)13-21(35-36)25(37)34-26-19(14-32)18-10-9-17(27(2,3)4)11-22(18)38-26/h5-8,13,17,20,23,33H,9-12H2,1-4H3,(H,34,37)/t17-,20+,23-/m1/s1. The Bertz CT molecular complexity index is 1410. The molecule has 3 heterocycles. The largest absolute Gasteiger partial charge is 0.410 e. The summed E-state index contributed by atoms with van der Waals surface area (Å²) in [6, 6.07) is 8.48. The van der Waals surface area contributed by atoms with Crippen molar-refractivity contribution in [3.8, 4) is 6.07 Å². The van der Waals surface area contributed by atoms with Crippen LogP contribution in [-0.2, 0) is 12.8 Å². The van der Waals surface area contributed by atoms with Gasteiger partial charge in [0.05, 0.1) is 11.6 Å². The van der Waals surface area contributed by atoms with E-state index in [2.05, 4.69) is 42.6 Å². The number of amides is 1. The molecule has 0 unspecified atom stereocenters. The molecule has 2 aromatic heterocycles. The molecule has 1 aromatic carbocycles. The molecular formula is C28H30F3N5OS. The molecule has 5 rings (SSSR count). The lowest BCUT2D eigenvalue weighted by Gasteiger charge is -2.33.